The van der Waals surface area contributed by atoms with E-state index < -0.39 is 11.8 Å². The molecule has 2 aromatic heterocycles. The summed E-state index contributed by atoms with van der Waals surface area (Å²) in [5.41, 5.74) is 2.03. The van der Waals surface area contributed by atoms with E-state index in [0.29, 0.717) is 25.0 Å². The molecule has 3 saturated carbocycles. The number of rotatable bonds is 5. The van der Waals surface area contributed by atoms with Crippen LogP contribution in [0.1, 0.15) is 69.4 Å². The van der Waals surface area contributed by atoms with Crippen LogP contribution in [0.15, 0.2) is 18.2 Å². The Morgan fingerprint density at radius 2 is 1.85 bits per heavy atom. The van der Waals surface area contributed by atoms with Crippen LogP contribution in [0.4, 0.5) is 14.7 Å². The molecule has 9 heteroatoms. The summed E-state index contributed by atoms with van der Waals surface area (Å²) in [4.78, 5) is 30.8. The van der Waals surface area contributed by atoms with Crippen LogP contribution in [0.5, 0.6) is 0 Å². The van der Waals surface area contributed by atoms with Gasteiger partial charge in [0.05, 0.1) is 0 Å². The molecule has 0 aromatic carbocycles. The molecule has 2 amide bonds. The molecule has 0 bridgehead atoms. The second-order valence-corrected chi connectivity index (χ2v) is 10.6. The number of carbonyl (C=O) groups is 2. The molecule has 0 radical (unpaired) electrons. The van der Waals surface area contributed by atoms with E-state index in [1.807, 2.05) is 16.6 Å². The molecule has 6 rings (SSSR count). The lowest BCUT2D eigenvalue weighted by Crippen LogP contribution is -2.42. The number of nitrogens with zero attached hydrogens (tertiary/aromatic N) is 4. The molecule has 1 aliphatic heterocycles. The molecule has 176 valence electrons. The van der Waals surface area contributed by atoms with Crippen molar-refractivity contribution in [1.82, 2.24) is 19.5 Å². The Balaban J connectivity index is 1.11. The van der Waals surface area contributed by atoms with Gasteiger partial charge in [0, 0.05) is 49.4 Å². The van der Waals surface area contributed by atoms with Gasteiger partial charge in [-0.2, -0.15) is 4.98 Å². The highest BCUT2D eigenvalue weighted by Gasteiger charge is 2.57. The van der Waals surface area contributed by atoms with Gasteiger partial charge in [-0.3, -0.25) is 14.9 Å². The summed E-state index contributed by atoms with van der Waals surface area (Å²) in [5.74, 6) is -2.69. The van der Waals surface area contributed by atoms with Crippen LogP contribution in [0.2, 0.25) is 0 Å². The normalized spacial score (nSPS) is 27.8. The van der Waals surface area contributed by atoms with Crippen molar-refractivity contribution in [3.63, 3.8) is 0 Å². The highest BCUT2D eigenvalue weighted by molar-refractivity contribution is 5.92. The molecule has 3 heterocycles. The Hall–Kier alpha value is -2.58. The van der Waals surface area contributed by atoms with Crippen molar-refractivity contribution in [1.29, 1.82) is 0 Å². The van der Waals surface area contributed by atoms with E-state index in [4.69, 9.17) is 0 Å². The Morgan fingerprint density at radius 3 is 2.55 bits per heavy atom. The van der Waals surface area contributed by atoms with Crippen LogP contribution in [0.25, 0.3) is 5.65 Å². The highest BCUT2D eigenvalue weighted by Crippen LogP contribution is 2.53. The summed E-state index contributed by atoms with van der Waals surface area (Å²) < 4.78 is 28.2. The number of nitrogens with one attached hydrogen (secondary N) is 1. The van der Waals surface area contributed by atoms with Crippen molar-refractivity contribution in [2.24, 2.45) is 17.3 Å². The third-order valence-electron chi connectivity index (χ3n) is 8.25. The molecule has 1 saturated heterocycles. The van der Waals surface area contributed by atoms with Gasteiger partial charge in [-0.05, 0) is 62.5 Å². The Morgan fingerprint density at radius 1 is 1.09 bits per heavy atom. The van der Waals surface area contributed by atoms with Crippen molar-refractivity contribution < 1.29 is 18.4 Å². The number of amides is 2. The predicted octanol–water partition coefficient (Wildman–Crippen LogP) is 4.00. The summed E-state index contributed by atoms with van der Waals surface area (Å²) in [6, 6.07) is 5.99. The zero-order valence-electron chi connectivity index (χ0n) is 18.6. The van der Waals surface area contributed by atoms with E-state index in [9.17, 15) is 18.4 Å². The van der Waals surface area contributed by atoms with Crippen LogP contribution in [-0.4, -0.2) is 50.3 Å². The molecule has 7 nitrogen and oxygen atoms in total. The summed E-state index contributed by atoms with van der Waals surface area (Å²) in [6.07, 6.45) is 6.72. The van der Waals surface area contributed by atoms with Gasteiger partial charge in [-0.1, -0.05) is 6.07 Å². The van der Waals surface area contributed by atoms with Gasteiger partial charge < -0.3 is 4.90 Å². The predicted molar refractivity (Wildman–Crippen MR) is 117 cm³/mol. The molecule has 4 fully saturated rings. The first-order valence-corrected chi connectivity index (χ1v) is 12.1. The third-order valence-corrected chi connectivity index (χ3v) is 8.25. The fourth-order valence-electron chi connectivity index (χ4n) is 5.82. The number of anilines is 1. The first kappa shape index (κ1) is 21.0. The lowest BCUT2D eigenvalue weighted by molar-refractivity contribution is -0.134. The number of pyridine rings is 1. The number of aromatic nitrogens is 3. The highest BCUT2D eigenvalue weighted by atomic mass is 19.3. The maximum atomic E-state index is 13.2. The second kappa shape index (κ2) is 7.46. The smallest absolute Gasteiger partial charge is 0.252 e. The molecule has 2 aromatic rings. The monoisotopic (exact) mass is 457 g/mol. The van der Waals surface area contributed by atoms with Gasteiger partial charge in [0.15, 0.2) is 5.65 Å². The van der Waals surface area contributed by atoms with Gasteiger partial charge in [0.2, 0.25) is 17.8 Å². The molecule has 4 aliphatic rings. The van der Waals surface area contributed by atoms with Crippen LogP contribution in [-0.2, 0) is 9.59 Å². The minimum atomic E-state index is -2.63. The number of likely N-dealkylation sites (tertiary alicyclic amines) is 1. The van der Waals surface area contributed by atoms with Crippen molar-refractivity contribution in [2.45, 2.75) is 69.6 Å². The fourth-order valence-corrected chi connectivity index (χ4v) is 5.82. The van der Waals surface area contributed by atoms with E-state index in [2.05, 4.69) is 21.5 Å². The summed E-state index contributed by atoms with van der Waals surface area (Å²) in [7, 11) is 0. The van der Waals surface area contributed by atoms with Gasteiger partial charge in [-0.25, -0.2) is 13.3 Å². The molecule has 1 spiro atoms. The first-order chi connectivity index (χ1) is 15.8. The molecule has 33 heavy (non-hydrogen) atoms. The Bertz CT molecular complexity index is 1100. The lowest BCUT2D eigenvalue weighted by atomic mass is 9.76. The number of carbonyl (C=O) groups excluding carboxylic acids is 2. The maximum absolute atomic E-state index is 13.2. The van der Waals surface area contributed by atoms with Crippen LogP contribution < -0.4 is 5.32 Å². The van der Waals surface area contributed by atoms with Gasteiger partial charge in [0.25, 0.3) is 5.92 Å². The van der Waals surface area contributed by atoms with Crippen LogP contribution in [0.3, 0.4) is 0 Å². The first-order valence-electron chi connectivity index (χ1n) is 12.1. The molecule has 2 atom stereocenters. The zero-order valence-corrected chi connectivity index (χ0v) is 18.6. The molecular weight excluding hydrogens is 428 g/mol. The Kier molecular flexibility index (Phi) is 4.75. The molecule has 0 unspecified atom stereocenters. The quantitative estimate of drug-likeness (QED) is 0.736. The lowest BCUT2D eigenvalue weighted by Gasteiger charge is -2.39. The standard InChI is InChI=1S/C24H29F2N5O2/c25-24(26)14-17(24)12-20(32)30-10-8-23(9-11-30)7-6-16(13-23)18-2-1-3-19-27-22(29-31(18)19)28-21(33)15-4-5-15/h1-3,15-17H,4-14H2,(H,28,29,33)/t16-,17+/m0/s1. The minimum absolute atomic E-state index is 0.000938. The van der Waals surface area contributed by atoms with E-state index in [-0.39, 0.29) is 36.0 Å². The molecule has 1 N–H and O–H groups in total. The summed E-state index contributed by atoms with van der Waals surface area (Å²) in [6.45, 7) is 1.32. The maximum Gasteiger partial charge on any atom is 0.252 e. The third kappa shape index (κ3) is 3.99. The van der Waals surface area contributed by atoms with Gasteiger partial charge in [-0.15, -0.1) is 5.10 Å². The van der Waals surface area contributed by atoms with Crippen molar-refractivity contribution >= 4 is 23.4 Å². The molecule has 3 aliphatic carbocycles. The zero-order chi connectivity index (χ0) is 22.8. The number of fused-ring (bicyclic) bond motifs is 1. The second-order valence-electron chi connectivity index (χ2n) is 10.6. The molecular formula is C24H29F2N5O2. The number of alkyl halides is 2. The Labute approximate surface area is 190 Å². The van der Waals surface area contributed by atoms with E-state index >= 15 is 0 Å². The summed E-state index contributed by atoms with van der Waals surface area (Å²) in [5, 5.41) is 7.42. The average Bonchev–Trinajstić information content (AvgIpc) is 3.64. The number of hydrogen-bond acceptors (Lipinski definition) is 4. The topological polar surface area (TPSA) is 79.6 Å². The van der Waals surface area contributed by atoms with Crippen molar-refractivity contribution in [2.75, 3.05) is 18.4 Å². The van der Waals surface area contributed by atoms with Gasteiger partial charge >= 0.3 is 0 Å². The van der Waals surface area contributed by atoms with E-state index in [1.165, 1.54) is 0 Å². The SMILES string of the molecule is O=C(Nc1nc2cccc([C@H]3CCC4(CCN(C(=O)C[C@@H]5CC5(F)F)CC4)C3)n2n1)C1CC1. The van der Waals surface area contributed by atoms with E-state index in [1.54, 1.807) is 4.90 Å². The van der Waals surface area contributed by atoms with E-state index in [0.717, 1.165) is 56.3 Å². The average molecular weight is 458 g/mol. The fraction of sp³-hybridized carbons (Fsp3) is 0.667. The number of hydrogen-bond donors (Lipinski definition) is 1. The van der Waals surface area contributed by atoms with Crippen molar-refractivity contribution in [3.05, 3.63) is 23.9 Å². The number of halogens is 2. The minimum Gasteiger partial charge on any atom is -0.343 e. The largest absolute Gasteiger partial charge is 0.343 e. The van der Waals surface area contributed by atoms with Crippen molar-refractivity contribution in [3.8, 4) is 0 Å². The number of piperidine rings is 1. The summed E-state index contributed by atoms with van der Waals surface area (Å²) >= 11 is 0. The van der Waals surface area contributed by atoms with Crippen LogP contribution in [0, 0.1) is 17.3 Å². The van der Waals surface area contributed by atoms with Crippen LogP contribution >= 0.6 is 0 Å². The van der Waals surface area contributed by atoms with Gasteiger partial charge in [0.1, 0.15) is 0 Å².